The van der Waals surface area contributed by atoms with Gasteiger partial charge in [-0.15, -0.1) is 5.10 Å². The SMILES string of the molecule is COc1ccccc1NC(=O)c1nc(-c2ccc(F)cc2)n(-c2cc(C)ccc2C)n1. The molecule has 0 saturated carbocycles. The molecule has 0 fully saturated rings. The number of halogens is 1. The van der Waals surface area contributed by atoms with Gasteiger partial charge in [-0.3, -0.25) is 4.79 Å². The first-order valence-corrected chi connectivity index (χ1v) is 9.71. The summed E-state index contributed by atoms with van der Waals surface area (Å²) in [6.45, 7) is 3.94. The van der Waals surface area contributed by atoms with Crippen LogP contribution >= 0.6 is 0 Å². The summed E-state index contributed by atoms with van der Waals surface area (Å²) in [5.41, 5.74) is 3.97. The first kappa shape index (κ1) is 20.3. The lowest BCUT2D eigenvalue weighted by atomic mass is 10.1. The fourth-order valence-electron chi connectivity index (χ4n) is 3.24. The van der Waals surface area contributed by atoms with Crippen molar-refractivity contribution in [1.82, 2.24) is 14.8 Å². The van der Waals surface area contributed by atoms with Crippen LogP contribution in [0.1, 0.15) is 21.7 Å². The van der Waals surface area contributed by atoms with E-state index in [2.05, 4.69) is 15.4 Å². The molecule has 3 aromatic carbocycles. The molecule has 0 saturated heterocycles. The number of amides is 1. The Morgan fingerprint density at radius 3 is 2.52 bits per heavy atom. The molecule has 4 aromatic rings. The lowest BCUT2D eigenvalue weighted by molar-refractivity contribution is 0.101. The second-order valence-electron chi connectivity index (χ2n) is 7.12. The maximum atomic E-state index is 13.5. The third kappa shape index (κ3) is 4.16. The monoisotopic (exact) mass is 416 g/mol. The quantitative estimate of drug-likeness (QED) is 0.500. The Kier molecular flexibility index (Phi) is 5.49. The summed E-state index contributed by atoms with van der Waals surface area (Å²) in [6.07, 6.45) is 0. The van der Waals surface area contributed by atoms with Crippen molar-refractivity contribution < 1.29 is 13.9 Å². The number of benzene rings is 3. The van der Waals surface area contributed by atoms with E-state index < -0.39 is 5.91 Å². The molecular weight excluding hydrogens is 395 g/mol. The van der Waals surface area contributed by atoms with Crippen molar-refractivity contribution in [2.75, 3.05) is 12.4 Å². The van der Waals surface area contributed by atoms with Crippen LogP contribution in [0.2, 0.25) is 0 Å². The molecule has 1 amide bonds. The summed E-state index contributed by atoms with van der Waals surface area (Å²) in [7, 11) is 1.53. The van der Waals surface area contributed by atoms with Crippen molar-refractivity contribution in [1.29, 1.82) is 0 Å². The van der Waals surface area contributed by atoms with Gasteiger partial charge in [-0.25, -0.2) is 14.1 Å². The van der Waals surface area contributed by atoms with Crippen LogP contribution in [0, 0.1) is 19.7 Å². The molecule has 31 heavy (non-hydrogen) atoms. The molecule has 0 bridgehead atoms. The van der Waals surface area contributed by atoms with Gasteiger partial charge in [0, 0.05) is 5.56 Å². The van der Waals surface area contributed by atoms with E-state index >= 15 is 0 Å². The van der Waals surface area contributed by atoms with E-state index in [0.717, 1.165) is 16.8 Å². The Labute approximate surface area is 179 Å². The molecule has 0 aliphatic rings. The van der Waals surface area contributed by atoms with E-state index in [-0.39, 0.29) is 11.6 Å². The predicted molar refractivity (Wildman–Crippen MR) is 117 cm³/mol. The number of nitrogens with zero attached hydrogens (tertiary/aromatic N) is 3. The average Bonchev–Trinajstić information content (AvgIpc) is 3.21. The van der Waals surface area contributed by atoms with E-state index in [1.54, 1.807) is 35.0 Å². The molecule has 0 radical (unpaired) electrons. The highest BCUT2D eigenvalue weighted by atomic mass is 19.1. The molecule has 0 spiro atoms. The van der Waals surface area contributed by atoms with E-state index in [1.165, 1.54) is 19.2 Å². The van der Waals surface area contributed by atoms with Gasteiger partial charge in [0.05, 0.1) is 18.5 Å². The van der Waals surface area contributed by atoms with E-state index in [0.29, 0.717) is 22.8 Å². The van der Waals surface area contributed by atoms with Crippen molar-refractivity contribution in [3.63, 3.8) is 0 Å². The second kappa shape index (κ2) is 8.39. The molecular formula is C24H21FN4O2. The van der Waals surface area contributed by atoms with Crippen LogP contribution in [0.25, 0.3) is 17.1 Å². The molecule has 0 atom stereocenters. The van der Waals surface area contributed by atoms with Crippen LogP contribution in [0.4, 0.5) is 10.1 Å². The van der Waals surface area contributed by atoms with Gasteiger partial charge in [0.25, 0.3) is 5.91 Å². The summed E-state index contributed by atoms with van der Waals surface area (Å²) in [5.74, 6) is 0.140. The minimum Gasteiger partial charge on any atom is -0.495 e. The number of carbonyl (C=O) groups is 1. The van der Waals surface area contributed by atoms with E-state index in [9.17, 15) is 9.18 Å². The maximum absolute atomic E-state index is 13.5. The fourth-order valence-corrected chi connectivity index (χ4v) is 3.24. The number of carbonyl (C=O) groups excluding carboxylic acids is 1. The molecule has 7 heteroatoms. The third-order valence-corrected chi connectivity index (χ3v) is 4.86. The zero-order valence-corrected chi connectivity index (χ0v) is 17.4. The van der Waals surface area contributed by atoms with Crippen LogP contribution in [0.5, 0.6) is 5.75 Å². The van der Waals surface area contributed by atoms with E-state index in [4.69, 9.17) is 4.74 Å². The second-order valence-corrected chi connectivity index (χ2v) is 7.12. The maximum Gasteiger partial charge on any atom is 0.295 e. The molecule has 1 aromatic heterocycles. The number of aromatic nitrogens is 3. The number of para-hydroxylation sites is 2. The summed E-state index contributed by atoms with van der Waals surface area (Å²) in [6, 6.07) is 19.0. The van der Waals surface area contributed by atoms with Crippen molar-refractivity contribution in [2.45, 2.75) is 13.8 Å². The normalized spacial score (nSPS) is 10.7. The fraction of sp³-hybridized carbons (Fsp3) is 0.125. The predicted octanol–water partition coefficient (Wildman–Crippen LogP) is 4.95. The Morgan fingerprint density at radius 1 is 1.03 bits per heavy atom. The van der Waals surface area contributed by atoms with E-state index in [1.807, 2.05) is 38.1 Å². The van der Waals surface area contributed by atoms with Gasteiger partial charge in [0.1, 0.15) is 11.6 Å². The number of nitrogens with one attached hydrogen (secondary N) is 1. The van der Waals surface area contributed by atoms with Crippen LogP contribution in [0.3, 0.4) is 0 Å². The summed E-state index contributed by atoms with van der Waals surface area (Å²) in [4.78, 5) is 17.4. The molecule has 0 aliphatic carbocycles. The minimum absolute atomic E-state index is 0.00821. The van der Waals surface area contributed by atoms with Gasteiger partial charge in [0.2, 0.25) is 5.82 Å². The zero-order valence-electron chi connectivity index (χ0n) is 17.4. The highest BCUT2D eigenvalue weighted by molar-refractivity contribution is 6.02. The lowest BCUT2D eigenvalue weighted by Crippen LogP contribution is -2.15. The first-order chi connectivity index (χ1) is 15.0. The number of methoxy groups -OCH3 is 1. The lowest BCUT2D eigenvalue weighted by Gasteiger charge is -2.10. The van der Waals surface area contributed by atoms with Crippen molar-refractivity contribution in [2.24, 2.45) is 0 Å². The highest BCUT2D eigenvalue weighted by Crippen LogP contribution is 2.26. The largest absolute Gasteiger partial charge is 0.495 e. The Bertz CT molecular complexity index is 1250. The smallest absolute Gasteiger partial charge is 0.295 e. The summed E-state index contributed by atoms with van der Waals surface area (Å²) in [5, 5.41) is 7.29. The van der Waals surface area contributed by atoms with Gasteiger partial charge in [-0.05, 0) is 67.4 Å². The Hall–Kier alpha value is -4.00. The van der Waals surface area contributed by atoms with Crippen LogP contribution < -0.4 is 10.1 Å². The average molecular weight is 416 g/mol. The van der Waals surface area contributed by atoms with Crippen molar-refractivity contribution >= 4 is 11.6 Å². The van der Waals surface area contributed by atoms with Gasteiger partial charge < -0.3 is 10.1 Å². The third-order valence-electron chi connectivity index (χ3n) is 4.86. The molecule has 1 N–H and O–H groups in total. The number of hydrogen-bond donors (Lipinski definition) is 1. The standard InChI is InChI=1S/C24H21FN4O2/c1-15-8-9-16(2)20(14-15)29-23(17-10-12-18(25)13-11-17)27-22(28-29)24(30)26-19-6-4-5-7-21(19)31-3/h4-14H,1-3H3,(H,26,30). The minimum atomic E-state index is -0.475. The molecule has 6 nitrogen and oxygen atoms in total. The van der Waals surface area contributed by atoms with Gasteiger partial charge in [-0.1, -0.05) is 24.3 Å². The van der Waals surface area contributed by atoms with Crippen LogP contribution in [-0.4, -0.2) is 27.8 Å². The molecule has 4 rings (SSSR count). The number of hydrogen-bond acceptors (Lipinski definition) is 4. The van der Waals surface area contributed by atoms with Gasteiger partial charge in [0.15, 0.2) is 5.82 Å². The zero-order chi connectivity index (χ0) is 22.0. The topological polar surface area (TPSA) is 69.0 Å². The molecule has 0 unspecified atom stereocenters. The first-order valence-electron chi connectivity index (χ1n) is 9.71. The Balaban J connectivity index is 1.80. The number of aryl methyl sites for hydroxylation is 2. The summed E-state index contributed by atoms with van der Waals surface area (Å²) >= 11 is 0. The summed E-state index contributed by atoms with van der Waals surface area (Å²) < 4.78 is 20.4. The number of anilines is 1. The van der Waals surface area contributed by atoms with Gasteiger partial charge in [-0.2, -0.15) is 0 Å². The number of rotatable bonds is 5. The van der Waals surface area contributed by atoms with Crippen LogP contribution in [-0.2, 0) is 0 Å². The molecule has 156 valence electrons. The van der Waals surface area contributed by atoms with Gasteiger partial charge >= 0.3 is 0 Å². The molecule has 0 aliphatic heterocycles. The highest BCUT2D eigenvalue weighted by Gasteiger charge is 2.21. The molecule has 1 heterocycles. The van der Waals surface area contributed by atoms with Crippen LogP contribution in [0.15, 0.2) is 66.7 Å². The Morgan fingerprint density at radius 2 is 1.77 bits per heavy atom. The van der Waals surface area contributed by atoms with Crippen molar-refractivity contribution in [3.8, 4) is 22.8 Å². The van der Waals surface area contributed by atoms with Crippen molar-refractivity contribution in [3.05, 3.63) is 89.5 Å². The number of ether oxygens (including phenoxy) is 1.